The molecule has 3 rings (SSSR count). The Labute approximate surface area is 168 Å². The van der Waals surface area contributed by atoms with Gasteiger partial charge in [0.1, 0.15) is 17.3 Å². The van der Waals surface area contributed by atoms with Crippen LogP contribution in [0, 0.1) is 17.3 Å². The summed E-state index contributed by atoms with van der Waals surface area (Å²) in [7, 11) is 0. The zero-order valence-corrected chi connectivity index (χ0v) is 17.1. The highest BCUT2D eigenvalue weighted by molar-refractivity contribution is 5.99. The smallest absolute Gasteiger partial charge is 0.163 e. The van der Waals surface area contributed by atoms with Crippen molar-refractivity contribution in [2.24, 2.45) is 17.3 Å². The predicted octanol–water partition coefficient (Wildman–Crippen LogP) is 6.47. The third-order valence-electron chi connectivity index (χ3n) is 5.61. The summed E-state index contributed by atoms with van der Waals surface area (Å²) >= 11 is 0. The highest BCUT2D eigenvalue weighted by Crippen LogP contribution is 2.38. The molecule has 3 nitrogen and oxygen atoms in total. The SMILES string of the molecule is CC(C)(C)C(=O)[C@@H](CC(=O)c1ccc(Oc2ccccc2)cc1)C1CCCC1. The lowest BCUT2D eigenvalue weighted by molar-refractivity contribution is -0.132. The van der Waals surface area contributed by atoms with Gasteiger partial charge in [-0.05, 0) is 55.2 Å². The fourth-order valence-electron chi connectivity index (χ4n) is 4.04. The lowest BCUT2D eigenvalue weighted by atomic mass is 9.74. The fourth-order valence-corrected chi connectivity index (χ4v) is 4.04. The van der Waals surface area contributed by atoms with Crippen molar-refractivity contribution in [2.45, 2.75) is 52.9 Å². The maximum atomic E-state index is 13.0. The summed E-state index contributed by atoms with van der Waals surface area (Å²) in [6.45, 7) is 5.87. The summed E-state index contributed by atoms with van der Waals surface area (Å²) in [4.78, 5) is 25.9. The number of carbonyl (C=O) groups is 2. The topological polar surface area (TPSA) is 43.4 Å². The van der Waals surface area contributed by atoms with Gasteiger partial charge in [0, 0.05) is 23.3 Å². The van der Waals surface area contributed by atoms with Crippen LogP contribution in [0.25, 0.3) is 0 Å². The van der Waals surface area contributed by atoms with E-state index in [0.29, 0.717) is 23.7 Å². The molecule has 2 aromatic rings. The average Bonchev–Trinajstić information content (AvgIpc) is 3.20. The monoisotopic (exact) mass is 378 g/mol. The molecule has 148 valence electrons. The molecule has 0 radical (unpaired) electrons. The molecule has 3 heteroatoms. The number of carbonyl (C=O) groups excluding carboxylic acids is 2. The van der Waals surface area contributed by atoms with E-state index in [1.807, 2.05) is 63.2 Å². The number of rotatable bonds is 7. The number of ether oxygens (including phenoxy) is 1. The molecule has 0 amide bonds. The highest BCUT2D eigenvalue weighted by Gasteiger charge is 2.37. The Morgan fingerprint density at radius 3 is 2.07 bits per heavy atom. The van der Waals surface area contributed by atoms with Gasteiger partial charge in [0.05, 0.1) is 0 Å². The normalized spacial score (nSPS) is 16.0. The van der Waals surface area contributed by atoms with E-state index in [2.05, 4.69) is 0 Å². The molecule has 2 aromatic carbocycles. The molecule has 1 fully saturated rings. The van der Waals surface area contributed by atoms with Crippen molar-refractivity contribution in [3.05, 3.63) is 60.2 Å². The Morgan fingerprint density at radius 1 is 0.929 bits per heavy atom. The van der Waals surface area contributed by atoms with Gasteiger partial charge in [-0.25, -0.2) is 0 Å². The van der Waals surface area contributed by atoms with Crippen molar-refractivity contribution in [3.8, 4) is 11.5 Å². The third-order valence-corrected chi connectivity index (χ3v) is 5.61. The van der Waals surface area contributed by atoms with E-state index in [0.717, 1.165) is 31.4 Å². The van der Waals surface area contributed by atoms with Crippen LogP contribution in [-0.4, -0.2) is 11.6 Å². The van der Waals surface area contributed by atoms with Crippen molar-refractivity contribution >= 4 is 11.6 Å². The van der Waals surface area contributed by atoms with E-state index in [-0.39, 0.29) is 17.5 Å². The largest absolute Gasteiger partial charge is 0.457 e. The number of benzene rings is 2. The summed E-state index contributed by atoms with van der Waals surface area (Å²) < 4.78 is 5.79. The van der Waals surface area contributed by atoms with Gasteiger partial charge in [-0.15, -0.1) is 0 Å². The van der Waals surface area contributed by atoms with Crippen LogP contribution in [0.2, 0.25) is 0 Å². The van der Waals surface area contributed by atoms with Crippen LogP contribution in [0.5, 0.6) is 11.5 Å². The number of para-hydroxylation sites is 1. The molecule has 0 aromatic heterocycles. The van der Waals surface area contributed by atoms with Gasteiger partial charge in [0.15, 0.2) is 5.78 Å². The molecule has 0 bridgehead atoms. The molecule has 0 heterocycles. The van der Waals surface area contributed by atoms with E-state index < -0.39 is 5.41 Å². The van der Waals surface area contributed by atoms with Gasteiger partial charge in [-0.1, -0.05) is 51.8 Å². The van der Waals surface area contributed by atoms with Gasteiger partial charge in [-0.3, -0.25) is 9.59 Å². The van der Waals surface area contributed by atoms with Gasteiger partial charge >= 0.3 is 0 Å². The molecule has 0 N–H and O–H groups in total. The molecular formula is C25H30O3. The van der Waals surface area contributed by atoms with E-state index in [1.165, 1.54) is 0 Å². The average molecular weight is 379 g/mol. The number of hydrogen-bond acceptors (Lipinski definition) is 3. The first kappa shape index (κ1) is 20.3. The van der Waals surface area contributed by atoms with Gasteiger partial charge < -0.3 is 4.74 Å². The zero-order chi connectivity index (χ0) is 20.1. The lowest BCUT2D eigenvalue weighted by Gasteiger charge is -2.28. The fraction of sp³-hybridized carbons (Fsp3) is 0.440. The Bertz CT molecular complexity index is 794. The maximum Gasteiger partial charge on any atom is 0.163 e. The molecule has 0 spiro atoms. The summed E-state index contributed by atoms with van der Waals surface area (Å²) in [6, 6.07) is 16.8. The van der Waals surface area contributed by atoms with Crippen molar-refractivity contribution in [1.82, 2.24) is 0 Å². The number of hydrogen-bond donors (Lipinski definition) is 0. The van der Waals surface area contributed by atoms with Gasteiger partial charge in [-0.2, -0.15) is 0 Å². The minimum atomic E-state index is -0.416. The molecule has 0 unspecified atom stereocenters. The third kappa shape index (κ3) is 5.09. The van der Waals surface area contributed by atoms with Crippen LogP contribution in [-0.2, 0) is 4.79 Å². The van der Waals surface area contributed by atoms with Crippen LogP contribution >= 0.6 is 0 Å². The van der Waals surface area contributed by atoms with Gasteiger partial charge in [0.25, 0.3) is 0 Å². The van der Waals surface area contributed by atoms with Crippen LogP contribution in [0.15, 0.2) is 54.6 Å². The Balaban J connectivity index is 1.70. The Kier molecular flexibility index (Phi) is 6.33. The molecule has 0 saturated heterocycles. The highest BCUT2D eigenvalue weighted by atomic mass is 16.5. The minimum Gasteiger partial charge on any atom is -0.457 e. The zero-order valence-electron chi connectivity index (χ0n) is 17.1. The maximum absolute atomic E-state index is 13.0. The molecule has 0 aliphatic heterocycles. The summed E-state index contributed by atoms with van der Waals surface area (Å²) in [6.07, 6.45) is 4.75. The van der Waals surface area contributed by atoms with Crippen molar-refractivity contribution in [3.63, 3.8) is 0 Å². The second-order valence-electron chi connectivity index (χ2n) is 8.83. The summed E-state index contributed by atoms with van der Waals surface area (Å²) in [5.74, 6) is 1.89. The summed E-state index contributed by atoms with van der Waals surface area (Å²) in [5, 5.41) is 0. The van der Waals surface area contributed by atoms with E-state index >= 15 is 0 Å². The van der Waals surface area contributed by atoms with Crippen LogP contribution in [0.4, 0.5) is 0 Å². The molecule has 1 aliphatic rings. The first-order valence-electron chi connectivity index (χ1n) is 10.2. The minimum absolute atomic E-state index is 0.0424. The van der Waals surface area contributed by atoms with Crippen LogP contribution in [0.3, 0.4) is 0 Å². The van der Waals surface area contributed by atoms with Crippen molar-refractivity contribution in [2.75, 3.05) is 0 Å². The molecular weight excluding hydrogens is 348 g/mol. The quantitative estimate of drug-likeness (QED) is 0.518. The number of ketones is 2. The van der Waals surface area contributed by atoms with Crippen LogP contribution < -0.4 is 4.74 Å². The molecule has 28 heavy (non-hydrogen) atoms. The molecule has 1 atom stereocenters. The predicted molar refractivity (Wildman–Crippen MR) is 112 cm³/mol. The standard InChI is InChI=1S/C25H30O3/c1-25(2,3)24(27)22(18-9-7-8-10-18)17-23(26)19-13-15-21(16-14-19)28-20-11-5-4-6-12-20/h4-6,11-16,18,22H,7-10,17H2,1-3H3/t22-/m0/s1. The van der Waals surface area contributed by atoms with Crippen molar-refractivity contribution in [1.29, 1.82) is 0 Å². The lowest BCUT2D eigenvalue weighted by Crippen LogP contribution is -2.34. The van der Waals surface area contributed by atoms with Crippen molar-refractivity contribution < 1.29 is 14.3 Å². The van der Waals surface area contributed by atoms with E-state index in [1.54, 1.807) is 12.1 Å². The number of Topliss-reactive ketones (excluding diaryl/α,β-unsaturated/α-hetero) is 2. The van der Waals surface area contributed by atoms with E-state index in [9.17, 15) is 9.59 Å². The first-order valence-corrected chi connectivity index (χ1v) is 10.2. The Morgan fingerprint density at radius 2 is 1.50 bits per heavy atom. The second-order valence-corrected chi connectivity index (χ2v) is 8.83. The molecule has 1 saturated carbocycles. The first-order chi connectivity index (χ1) is 13.3. The van der Waals surface area contributed by atoms with Gasteiger partial charge in [0.2, 0.25) is 0 Å². The van der Waals surface area contributed by atoms with E-state index in [4.69, 9.17) is 4.74 Å². The Hall–Kier alpha value is -2.42. The molecule has 1 aliphatic carbocycles. The second kappa shape index (κ2) is 8.72. The van der Waals surface area contributed by atoms with Crippen LogP contribution in [0.1, 0.15) is 63.2 Å². The summed E-state index contributed by atoms with van der Waals surface area (Å²) in [5.41, 5.74) is 0.228.